The topological polar surface area (TPSA) is 68.5 Å². The van der Waals surface area contributed by atoms with E-state index in [0.717, 1.165) is 17.7 Å². The molecule has 0 radical (unpaired) electrons. The molecule has 162 valence electrons. The predicted octanol–water partition coefficient (Wildman–Crippen LogP) is 5.63. The van der Waals surface area contributed by atoms with Crippen LogP contribution < -0.4 is 4.74 Å². The third kappa shape index (κ3) is 6.18. The highest BCUT2D eigenvalue weighted by molar-refractivity contribution is 6.33. The number of hydrogen-bond donors (Lipinski definition) is 0. The van der Waals surface area contributed by atoms with Gasteiger partial charge in [-0.2, -0.15) is 0 Å². The molecule has 0 atom stereocenters. The summed E-state index contributed by atoms with van der Waals surface area (Å²) in [4.78, 5) is 14.5. The Balaban J connectivity index is 1.67. The van der Waals surface area contributed by atoms with Crippen molar-refractivity contribution in [1.29, 1.82) is 0 Å². The lowest BCUT2D eigenvalue weighted by atomic mass is 10.2. The Hall–Kier alpha value is -3.12. The highest BCUT2D eigenvalue weighted by atomic mass is 35.5. The molecule has 0 aliphatic heterocycles. The third-order valence-electron chi connectivity index (χ3n) is 4.55. The minimum atomic E-state index is -0.140. The van der Waals surface area contributed by atoms with Crippen molar-refractivity contribution < 1.29 is 13.9 Å². The van der Waals surface area contributed by atoms with Gasteiger partial charge in [-0.15, -0.1) is 10.2 Å². The highest BCUT2D eigenvalue weighted by Gasteiger charge is 2.19. The number of ether oxygens (including phenoxy) is 1. The first-order chi connectivity index (χ1) is 15.0. The van der Waals surface area contributed by atoms with Crippen LogP contribution in [0, 0.1) is 0 Å². The standard InChI is InChI=1S/C24H26ClN3O3/c1-4-15-30-19-12-9-18(10-13-19)11-14-23(29)28(17(2)3)16-22-26-27-24(31-22)20-7-5-6-8-21(20)25/h5-14,17H,4,15-16H2,1-3H3/b14-11+. The SMILES string of the molecule is CCCOc1ccc(/C=C/C(=O)N(Cc2nnc(-c3ccccc3Cl)o2)C(C)C)cc1. The summed E-state index contributed by atoms with van der Waals surface area (Å²) in [6.45, 7) is 6.84. The van der Waals surface area contributed by atoms with E-state index in [1.54, 1.807) is 23.1 Å². The van der Waals surface area contributed by atoms with Crippen LogP contribution in [0.4, 0.5) is 0 Å². The fourth-order valence-corrected chi connectivity index (χ4v) is 3.10. The zero-order chi connectivity index (χ0) is 22.2. The molecule has 31 heavy (non-hydrogen) atoms. The largest absolute Gasteiger partial charge is 0.494 e. The summed E-state index contributed by atoms with van der Waals surface area (Å²) in [5.41, 5.74) is 1.58. The van der Waals surface area contributed by atoms with Gasteiger partial charge in [-0.3, -0.25) is 4.79 Å². The van der Waals surface area contributed by atoms with Gasteiger partial charge >= 0.3 is 0 Å². The zero-order valence-corrected chi connectivity index (χ0v) is 18.7. The molecule has 1 amide bonds. The van der Waals surface area contributed by atoms with E-state index >= 15 is 0 Å². The van der Waals surface area contributed by atoms with Gasteiger partial charge in [0.05, 0.1) is 23.7 Å². The van der Waals surface area contributed by atoms with Crippen LogP contribution in [0.25, 0.3) is 17.5 Å². The molecule has 6 nitrogen and oxygen atoms in total. The first kappa shape index (κ1) is 22.6. The number of aromatic nitrogens is 2. The Morgan fingerprint density at radius 2 is 1.90 bits per heavy atom. The molecule has 0 saturated heterocycles. The normalized spacial score (nSPS) is 11.3. The molecule has 0 aliphatic carbocycles. The Bertz CT molecular complexity index is 1030. The molecular formula is C24H26ClN3O3. The minimum Gasteiger partial charge on any atom is -0.494 e. The molecule has 0 aliphatic rings. The Kier molecular flexibility index (Phi) is 7.84. The molecule has 3 aromatic rings. The van der Waals surface area contributed by atoms with E-state index in [0.29, 0.717) is 29.0 Å². The van der Waals surface area contributed by atoms with Crippen molar-refractivity contribution in [1.82, 2.24) is 15.1 Å². The fourth-order valence-electron chi connectivity index (χ4n) is 2.88. The van der Waals surface area contributed by atoms with E-state index in [4.69, 9.17) is 20.8 Å². The number of carbonyl (C=O) groups excluding carboxylic acids is 1. The quantitative estimate of drug-likeness (QED) is 0.404. The van der Waals surface area contributed by atoms with Gasteiger partial charge in [0.1, 0.15) is 5.75 Å². The summed E-state index contributed by atoms with van der Waals surface area (Å²) in [7, 11) is 0. The molecule has 0 N–H and O–H groups in total. The zero-order valence-electron chi connectivity index (χ0n) is 17.9. The maximum absolute atomic E-state index is 12.8. The van der Waals surface area contributed by atoms with Gasteiger partial charge in [0.15, 0.2) is 0 Å². The molecular weight excluding hydrogens is 414 g/mol. The summed E-state index contributed by atoms with van der Waals surface area (Å²) < 4.78 is 11.3. The third-order valence-corrected chi connectivity index (χ3v) is 4.88. The van der Waals surface area contributed by atoms with Crippen molar-refractivity contribution in [2.75, 3.05) is 6.61 Å². The second-order valence-corrected chi connectivity index (χ2v) is 7.70. The van der Waals surface area contributed by atoms with E-state index < -0.39 is 0 Å². The average Bonchev–Trinajstić information content (AvgIpc) is 3.23. The molecule has 1 heterocycles. The van der Waals surface area contributed by atoms with Crippen molar-refractivity contribution in [2.45, 2.75) is 39.8 Å². The van der Waals surface area contributed by atoms with E-state index in [-0.39, 0.29) is 18.5 Å². The summed E-state index contributed by atoms with van der Waals surface area (Å²) >= 11 is 6.20. The van der Waals surface area contributed by atoms with Gasteiger partial charge in [0.2, 0.25) is 17.7 Å². The van der Waals surface area contributed by atoms with Crippen LogP contribution >= 0.6 is 11.6 Å². The molecule has 7 heteroatoms. The lowest BCUT2D eigenvalue weighted by molar-refractivity contribution is -0.128. The second kappa shape index (κ2) is 10.8. The predicted molar refractivity (Wildman–Crippen MR) is 122 cm³/mol. The van der Waals surface area contributed by atoms with Crippen molar-refractivity contribution in [3.8, 4) is 17.2 Å². The van der Waals surface area contributed by atoms with Crippen LogP contribution in [0.1, 0.15) is 38.6 Å². The van der Waals surface area contributed by atoms with Crippen LogP contribution in [0.3, 0.4) is 0 Å². The molecule has 0 unspecified atom stereocenters. The number of rotatable bonds is 9. The van der Waals surface area contributed by atoms with E-state index in [9.17, 15) is 4.79 Å². The fraction of sp³-hybridized carbons (Fsp3) is 0.292. The Morgan fingerprint density at radius 3 is 2.58 bits per heavy atom. The molecule has 3 rings (SSSR count). The number of nitrogens with zero attached hydrogens (tertiary/aromatic N) is 3. The molecule has 2 aromatic carbocycles. The maximum Gasteiger partial charge on any atom is 0.249 e. The highest BCUT2D eigenvalue weighted by Crippen LogP contribution is 2.26. The lowest BCUT2D eigenvalue weighted by Crippen LogP contribution is -2.35. The first-order valence-electron chi connectivity index (χ1n) is 10.3. The maximum atomic E-state index is 12.8. The van der Waals surface area contributed by atoms with Crippen molar-refractivity contribution in [3.05, 3.63) is 71.1 Å². The van der Waals surface area contributed by atoms with Gasteiger partial charge in [0, 0.05) is 12.1 Å². The summed E-state index contributed by atoms with van der Waals surface area (Å²) in [6, 6.07) is 14.8. The minimum absolute atomic E-state index is 0.0439. The van der Waals surface area contributed by atoms with Gasteiger partial charge < -0.3 is 14.1 Å². The number of carbonyl (C=O) groups is 1. The van der Waals surface area contributed by atoms with Crippen LogP contribution in [-0.4, -0.2) is 33.7 Å². The number of halogens is 1. The van der Waals surface area contributed by atoms with Gasteiger partial charge in [-0.05, 0) is 56.2 Å². The van der Waals surface area contributed by atoms with Gasteiger partial charge in [0.25, 0.3) is 0 Å². The Labute approximate surface area is 187 Å². The van der Waals surface area contributed by atoms with Crippen molar-refractivity contribution >= 4 is 23.6 Å². The first-order valence-corrected chi connectivity index (χ1v) is 10.6. The summed E-state index contributed by atoms with van der Waals surface area (Å²) in [6.07, 6.45) is 4.29. The number of benzene rings is 2. The molecule has 0 bridgehead atoms. The summed E-state index contributed by atoms with van der Waals surface area (Å²) in [5, 5.41) is 8.69. The Morgan fingerprint density at radius 1 is 1.16 bits per heavy atom. The molecule has 0 spiro atoms. The monoisotopic (exact) mass is 439 g/mol. The molecule has 1 aromatic heterocycles. The van der Waals surface area contributed by atoms with Crippen molar-refractivity contribution in [2.24, 2.45) is 0 Å². The lowest BCUT2D eigenvalue weighted by Gasteiger charge is -2.23. The average molecular weight is 440 g/mol. The van der Waals surface area contributed by atoms with E-state index in [2.05, 4.69) is 17.1 Å². The van der Waals surface area contributed by atoms with Crippen LogP contribution in [0.5, 0.6) is 5.75 Å². The van der Waals surface area contributed by atoms with Crippen LogP contribution in [0.2, 0.25) is 5.02 Å². The number of amides is 1. The van der Waals surface area contributed by atoms with Crippen molar-refractivity contribution in [3.63, 3.8) is 0 Å². The number of hydrogen-bond acceptors (Lipinski definition) is 5. The van der Waals surface area contributed by atoms with Crippen LogP contribution in [-0.2, 0) is 11.3 Å². The molecule has 0 fully saturated rings. The smallest absolute Gasteiger partial charge is 0.249 e. The van der Waals surface area contributed by atoms with Gasteiger partial charge in [-0.1, -0.05) is 42.8 Å². The van der Waals surface area contributed by atoms with Crippen LogP contribution in [0.15, 0.2) is 59.0 Å². The van der Waals surface area contributed by atoms with E-state index in [1.807, 2.05) is 56.3 Å². The summed E-state index contributed by atoms with van der Waals surface area (Å²) in [5.74, 6) is 1.36. The second-order valence-electron chi connectivity index (χ2n) is 7.29. The van der Waals surface area contributed by atoms with Gasteiger partial charge in [-0.25, -0.2) is 0 Å². The van der Waals surface area contributed by atoms with E-state index in [1.165, 1.54) is 0 Å². The molecule has 0 saturated carbocycles.